The van der Waals surface area contributed by atoms with Gasteiger partial charge in [-0.2, -0.15) is 0 Å². The summed E-state index contributed by atoms with van der Waals surface area (Å²) in [4.78, 5) is 17.7. The minimum atomic E-state index is -1.14. The van der Waals surface area contributed by atoms with E-state index in [0.717, 1.165) is 6.08 Å². The number of aliphatic carboxylic acids is 1. The van der Waals surface area contributed by atoms with Crippen LogP contribution in [0.3, 0.4) is 0 Å². The first-order chi connectivity index (χ1) is 4.18. The Morgan fingerprint density at radius 3 is 2.00 bits per heavy atom. The molecule has 0 aliphatic heterocycles. The molecule has 0 saturated heterocycles. The summed E-state index contributed by atoms with van der Waals surface area (Å²) in [5, 5.41) is 20.7. The van der Waals surface area contributed by atoms with Gasteiger partial charge in [0, 0.05) is 0 Å². The largest absolute Gasteiger partial charge is 0.515 e. The van der Waals surface area contributed by atoms with Crippen molar-refractivity contribution in [2.45, 2.75) is 0 Å². The highest BCUT2D eigenvalue weighted by Gasteiger charge is 1.78. The minimum absolute atomic E-state index is 0.475. The topological polar surface area (TPSA) is 98.5 Å². The van der Waals surface area contributed by atoms with Crippen molar-refractivity contribution in [3.05, 3.63) is 12.3 Å². The molecule has 0 radical (unpaired) electrons. The second-order valence-corrected chi connectivity index (χ2v) is 0.756. The van der Waals surface area contributed by atoms with Crippen molar-refractivity contribution in [1.82, 2.24) is 0 Å². The molecule has 0 unspecified atom stereocenters. The van der Waals surface area contributed by atoms with Crippen LogP contribution in [0.2, 0.25) is 0 Å². The van der Waals surface area contributed by atoms with Gasteiger partial charge in [-0.25, -0.2) is 15.0 Å². The zero-order chi connectivity index (χ0) is 7.70. The Kier molecular flexibility index (Phi) is 11.1. The van der Waals surface area contributed by atoms with Crippen LogP contribution >= 0.6 is 0 Å². The van der Waals surface area contributed by atoms with E-state index in [1.807, 2.05) is 0 Å². The number of nitrogens with one attached hydrogen (secondary N) is 1. The number of hydrogen-bond donors (Lipinski definition) is 3. The number of carboxylic acids is 1. The van der Waals surface area contributed by atoms with Crippen LogP contribution in [-0.2, 0) is 9.59 Å². The summed E-state index contributed by atoms with van der Waals surface area (Å²) >= 11 is 0. The lowest BCUT2D eigenvalue weighted by Crippen LogP contribution is -1.84. The molecule has 50 valence electrons. The Hall–Kier alpha value is -1.61. The molecule has 0 aromatic rings. The van der Waals surface area contributed by atoms with E-state index in [-0.39, 0.29) is 0 Å². The Labute approximate surface area is 50.7 Å². The van der Waals surface area contributed by atoms with Crippen LogP contribution in [0.15, 0.2) is 12.3 Å². The molecule has 0 amide bonds. The second-order valence-electron chi connectivity index (χ2n) is 0.756. The Morgan fingerprint density at radius 2 is 2.00 bits per heavy atom. The van der Waals surface area contributed by atoms with Crippen molar-refractivity contribution in [2.75, 3.05) is 0 Å². The van der Waals surface area contributed by atoms with E-state index in [0.29, 0.717) is 12.3 Å². The first kappa shape index (κ1) is 10.4. The first-order valence-corrected chi connectivity index (χ1v) is 1.76. The lowest BCUT2D eigenvalue weighted by atomic mass is 10.7. The summed E-state index contributed by atoms with van der Waals surface area (Å²) in [6.07, 6.45) is 1.86. The van der Waals surface area contributed by atoms with Crippen LogP contribution in [0.5, 0.6) is 0 Å². The third-order valence-corrected chi connectivity index (χ3v) is 0.217. The average Bonchev–Trinajstić information content (AvgIpc) is 1.67. The van der Waals surface area contributed by atoms with Crippen LogP contribution in [0.25, 0.3) is 0 Å². The molecule has 9 heavy (non-hydrogen) atoms. The van der Waals surface area contributed by atoms with Gasteiger partial charge in [0.1, 0.15) is 0 Å². The fourth-order valence-electron chi connectivity index (χ4n) is 0.0638. The predicted molar refractivity (Wildman–Crippen MR) is 27.8 cm³/mol. The van der Waals surface area contributed by atoms with E-state index in [9.17, 15) is 4.79 Å². The maximum Gasteiger partial charge on any atom is 0.331 e. The number of aliphatic hydroxyl groups excluding tert-OH is 1. The number of hydrogen-bond acceptors (Lipinski definition) is 4. The van der Waals surface area contributed by atoms with Crippen LogP contribution < -0.4 is 0 Å². The van der Waals surface area contributed by atoms with E-state index < -0.39 is 5.97 Å². The molecule has 0 saturated carbocycles. The van der Waals surface area contributed by atoms with Gasteiger partial charge in [-0.15, -0.1) is 0 Å². The first-order valence-electron chi connectivity index (χ1n) is 1.76. The van der Waals surface area contributed by atoms with Gasteiger partial charge in [0.25, 0.3) is 0 Å². The van der Waals surface area contributed by atoms with Gasteiger partial charge in [-0.1, -0.05) is 0 Å². The summed E-state index contributed by atoms with van der Waals surface area (Å²) in [5.74, 6) is -1.14. The van der Waals surface area contributed by atoms with E-state index in [1.54, 1.807) is 0 Å². The molecule has 0 rings (SSSR count). The van der Waals surface area contributed by atoms with Crippen molar-refractivity contribution in [3.63, 3.8) is 0 Å². The molecule has 0 aliphatic carbocycles. The van der Waals surface area contributed by atoms with Gasteiger partial charge in [-0.05, 0) is 0 Å². The molecule has 5 nitrogen and oxygen atoms in total. The van der Waals surface area contributed by atoms with Crippen LogP contribution in [-0.4, -0.2) is 22.3 Å². The maximum atomic E-state index is 9.35. The van der Waals surface area contributed by atoms with Gasteiger partial charge < -0.3 is 10.2 Å². The van der Waals surface area contributed by atoms with Crippen LogP contribution in [0.4, 0.5) is 0 Å². The predicted octanol–water partition coefficient (Wildman–Crippen LogP) is 0.0437. The summed E-state index contributed by atoms with van der Waals surface area (Å²) in [7, 11) is 0. The minimum Gasteiger partial charge on any atom is -0.515 e. The molecular formula is C4H5NO4. The van der Waals surface area contributed by atoms with Gasteiger partial charge in [0.15, 0.2) is 0 Å². The van der Waals surface area contributed by atoms with Crippen molar-refractivity contribution in [3.8, 4) is 0 Å². The number of carboxylic acid groups (broad SMARTS) is 1. The highest BCUT2D eigenvalue weighted by molar-refractivity contribution is 5.79. The standard InChI is InChI=1S/C3H4O3.CHNO/c4-2-1-3(5)6;2-1-3/h1-2,4H,(H,5,6);2H. The fourth-order valence-corrected chi connectivity index (χ4v) is 0.0638. The summed E-state index contributed by atoms with van der Waals surface area (Å²) in [5.41, 5.74) is 0. The number of aliphatic hydroxyl groups is 1. The number of isocyanates is 1. The van der Waals surface area contributed by atoms with Crippen molar-refractivity contribution in [2.24, 2.45) is 0 Å². The van der Waals surface area contributed by atoms with Crippen LogP contribution in [0, 0.1) is 5.41 Å². The Bertz CT molecular complexity index is 134. The summed E-state index contributed by atoms with van der Waals surface area (Å²) in [6.45, 7) is 0. The van der Waals surface area contributed by atoms with E-state index in [1.165, 1.54) is 0 Å². The molecule has 0 bridgehead atoms. The van der Waals surface area contributed by atoms with E-state index in [2.05, 4.69) is 0 Å². The molecule has 0 atom stereocenters. The second kappa shape index (κ2) is 9.63. The highest BCUT2D eigenvalue weighted by atomic mass is 16.4. The van der Waals surface area contributed by atoms with Crippen molar-refractivity contribution < 1.29 is 19.8 Å². The number of carbonyl (C=O) groups is 1. The molecule has 0 aromatic heterocycles. The molecule has 0 heterocycles. The van der Waals surface area contributed by atoms with Crippen molar-refractivity contribution >= 4 is 12.0 Å². The highest BCUT2D eigenvalue weighted by Crippen LogP contribution is 1.62. The number of carbonyl (C=O) groups excluding carboxylic acids is 1. The molecule has 0 fully saturated rings. The molecule has 5 heteroatoms. The average molecular weight is 131 g/mol. The molecule has 0 spiro atoms. The summed E-state index contributed by atoms with van der Waals surface area (Å²) < 4.78 is 0. The van der Waals surface area contributed by atoms with Crippen molar-refractivity contribution in [1.29, 1.82) is 5.41 Å². The normalized spacial score (nSPS) is 7.11. The van der Waals surface area contributed by atoms with Gasteiger partial charge >= 0.3 is 5.97 Å². The smallest absolute Gasteiger partial charge is 0.331 e. The quantitative estimate of drug-likeness (QED) is 0.202. The molecule has 3 N–H and O–H groups in total. The van der Waals surface area contributed by atoms with Gasteiger partial charge in [-0.3, -0.25) is 0 Å². The Balaban J connectivity index is 0. The van der Waals surface area contributed by atoms with E-state index in [4.69, 9.17) is 20.4 Å². The lowest BCUT2D eigenvalue weighted by Gasteiger charge is -1.68. The third kappa shape index (κ3) is 63.7. The maximum absolute atomic E-state index is 9.35. The summed E-state index contributed by atoms with van der Waals surface area (Å²) in [6, 6.07) is 0. The lowest BCUT2D eigenvalue weighted by molar-refractivity contribution is -0.131. The zero-order valence-electron chi connectivity index (χ0n) is 4.37. The van der Waals surface area contributed by atoms with E-state index >= 15 is 0 Å². The van der Waals surface area contributed by atoms with Crippen LogP contribution in [0.1, 0.15) is 0 Å². The number of rotatable bonds is 1. The molecular weight excluding hydrogens is 126 g/mol. The van der Waals surface area contributed by atoms with Gasteiger partial charge in [0.2, 0.25) is 6.08 Å². The monoisotopic (exact) mass is 131 g/mol. The molecule has 0 aliphatic rings. The zero-order valence-corrected chi connectivity index (χ0v) is 4.37. The third-order valence-electron chi connectivity index (χ3n) is 0.217. The molecule has 0 aromatic carbocycles. The van der Waals surface area contributed by atoms with Gasteiger partial charge in [0.05, 0.1) is 12.3 Å². The fraction of sp³-hybridized carbons (Fsp3) is 0. The Morgan fingerprint density at radius 1 is 1.67 bits per heavy atom. The SMILES string of the molecule is N=C=O.O=C(O)C=CO.